The van der Waals surface area contributed by atoms with Gasteiger partial charge in [-0.15, -0.1) is 0 Å². The van der Waals surface area contributed by atoms with Gasteiger partial charge in [-0.05, 0) is 30.2 Å². The van der Waals surface area contributed by atoms with Crippen molar-refractivity contribution in [1.29, 1.82) is 0 Å². The molecule has 0 spiro atoms. The van der Waals surface area contributed by atoms with Gasteiger partial charge in [-0.2, -0.15) is 0 Å². The van der Waals surface area contributed by atoms with Crippen LogP contribution in [0, 0.1) is 6.92 Å². The molecular weight excluding hydrogens is 318 g/mol. The Kier molecular flexibility index (Phi) is 6.77. The maximum Gasteiger partial charge on any atom is 0.310 e. The molecule has 2 aromatic carbocycles. The summed E-state index contributed by atoms with van der Waals surface area (Å²) in [4.78, 5) is 23.9. The summed E-state index contributed by atoms with van der Waals surface area (Å²) < 4.78 is 10.5. The van der Waals surface area contributed by atoms with Crippen molar-refractivity contribution in [1.82, 2.24) is 0 Å². The zero-order valence-corrected chi connectivity index (χ0v) is 14.2. The molecule has 2 rings (SSSR count). The Morgan fingerprint density at radius 3 is 2.60 bits per heavy atom. The zero-order valence-electron chi connectivity index (χ0n) is 14.2. The maximum absolute atomic E-state index is 12.0. The van der Waals surface area contributed by atoms with Crippen molar-refractivity contribution in [3.05, 3.63) is 72.3 Å². The molecule has 0 radical (unpaired) electrons. The highest BCUT2D eigenvalue weighted by Crippen LogP contribution is 2.23. The van der Waals surface area contributed by atoms with E-state index in [1.807, 2.05) is 31.2 Å². The van der Waals surface area contributed by atoms with Gasteiger partial charge in [-0.25, -0.2) is 0 Å². The smallest absolute Gasteiger partial charge is 0.310 e. The lowest BCUT2D eigenvalue weighted by molar-refractivity contribution is -0.146. The highest BCUT2D eigenvalue weighted by Gasteiger charge is 2.11. The van der Waals surface area contributed by atoms with E-state index in [0.717, 1.165) is 11.1 Å². The first kappa shape index (κ1) is 18.3. The minimum atomic E-state index is -0.444. The summed E-state index contributed by atoms with van der Waals surface area (Å²) in [6, 6.07) is 14.6. The molecule has 0 heterocycles. The van der Waals surface area contributed by atoms with E-state index in [0.29, 0.717) is 18.0 Å². The highest BCUT2D eigenvalue weighted by molar-refractivity contribution is 5.94. The number of benzene rings is 2. The van der Waals surface area contributed by atoms with Crippen molar-refractivity contribution in [3.63, 3.8) is 0 Å². The standard InChI is InChI=1S/C20H21NO4/c1-3-12-24-18-11-7-6-10-17(18)21-19(22)14-25-20(23)13-16-9-5-4-8-15(16)2/h3-11H,1,12-14H2,2H3,(H,21,22). The van der Waals surface area contributed by atoms with Gasteiger partial charge in [0.1, 0.15) is 12.4 Å². The Bertz CT molecular complexity index is 755. The van der Waals surface area contributed by atoms with Crippen LogP contribution in [-0.2, 0) is 20.7 Å². The van der Waals surface area contributed by atoms with Crippen molar-refractivity contribution in [2.24, 2.45) is 0 Å². The lowest BCUT2D eigenvalue weighted by atomic mass is 10.1. The van der Waals surface area contributed by atoms with Gasteiger partial charge >= 0.3 is 5.97 Å². The molecule has 0 atom stereocenters. The first-order valence-electron chi connectivity index (χ1n) is 7.93. The average molecular weight is 339 g/mol. The Balaban J connectivity index is 1.85. The number of amides is 1. The van der Waals surface area contributed by atoms with E-state index in [9.17, 15) is 9.59 Å². The van der Waals surface area contributed by atoms with Gasteiger partial charge in [0.15, 0.2) is 6.61 Å². The van der Waals surface area contributed by atoms with E-state index in [4.69, 9.17) is 9.47 Å². The summed E-state index contributed by atoms with van der Waals surface area (Å²) in [7, 11) is 0. The fourth-order valence-electron chi connectivity index (χ4n) is 2.19. The molecule has 5 heteroatoms. The van der Waals surface area contributed by atoms with Crippen LogP contribution in [0.15, 0.2) is 61.2 Å². The molecule has 1 N–H and O–H groups in total. The van der Waals surface area contributed by atoms with Gasteiger partial charge in [0.05, 0.1) is 12.1 Å². The Labute approximate surface area is 147 Å². The van der Waals surface area contributed by atoms with Crippen molar-refractivity contribution in [2.45, 2.75) is 13.3 Å². The fraction of sp³-hybridized carbons (Fsp3) is 0.200. The molecule has 0 aliphatic carbocycles. The van der Waals surface area contributed by atoms with Crippen molar-refractivity contribution in [3.8, 4) is 5.75 Å². The predicted octanol–water partition coefficient (Wildman–Crippen LogP) is 3.28. The number of para-hydroxylation sites is 2. The number of esters is 1. The molecule has 0 aliphatic rings. The van der Waals surface area contributed by atoms with Crippen molar-refractivity contribution < 1.29 is 19.1 Å². The Morgan fingerprint density at radius 2 is 1.84 bits per heavy atom. The molecule has 130 valence electrons. The molecule has 0 unspecified atom stereocenters. The number of nitrogens with one attached hydrogen (secondary N) is 1. The van der Waals surface area contributed by atoms with E-state index >= 15 is 0 Å². The Morgan fingerprint density at radius 1 is 1.12 bits per heavy atom. The molecule has 1 amide bonds. The molecule has 0 aromatic heterocycles. The summed E-state index contributed by atoms with van der Waals surface area (Å²) >= 11 is 0. The third-order valence-electron chi connectivity index (χ3n) is 3.48. The van der Waals surface area contributed by atoms with Crippen LogP contribution in [0.3, 0.4) is 0 Å². The van der Waals surface area contributed by atoms with Gasteiger partial charge in [-0.3, -0.25) is 9.59 Å². The van der Waals surface area contributed by atoms with Crippen molar-refractivity contribution >= 4 is 17.6 Å². The quantitative estimate of drug-likeness (QED) is 0.592. The second kappa shape index (κ2) is 9.27. The van der Waals surface area contributed by atoms with E-state index in [-0.39, 0.29) is 13.0 Å². The molecule has 5 nitrogen and oxygen atoms in total. The van der Waals surface area contributed by atoms with Crippen LogP contribution in [0.2, 0.25) is 0 Å². The van der Waals surface area contributed by atoms with E-state index in [1.54, 1.807) is 30.3 Å². The summed E-state index contributed by atoms with van der Waals surface area (Å²) in [5.74, 6) is -0.338. The molecule has 0 aliphatic heterocycles. The number of aryl methyl sites for hydroxylation is 1. The predicted molar refractivity (Wildman–Crippen MR) is 96.6 cm³/mol. The number of rotatable bonds is 8. The van der Waals surface area contributed by atoms with E-state index in [2.05, 4.69) is 11.9 Å². The van der Waals surface area contributed by atoms with Gasteiger partial charge in [0.2, 0.25) is 0 Å². The third-order valence-corrected chi connectivity index (χ3v) is 3.48. The first-order chi connectivity index (χ1) is 12.1. The van der Waals surface area contributed by atoms with Crippen LogP contribution in [0.4, 0.5) is 5.69 Å². The van der Waals surface area contributed by atoms with Crippen LogP contribution in [0.25, 0.3) is 0 Å². The number of anilines is 1. The summed E-state index contributed by atoms with van der Waals surface area (Å²) in [5, 5.41) is 2.67. The largest absolute Gasteiger partial charge is 0.487 e. The average Bonchev–Trinajstić information content (AvgIpc) is 2.61. The van der Waals surface area contributed by atoms with Crippen LogP contribution in [-0.4, -0.2) is 25.1 Å². The second-order valence-corrected chi connectivity index (χ2v) is 5.41. The Hall–Kier alpha value is -3.08. The first-order valence-corrected chi connectivity index (χ1v) is 7.93. The number of hydrogen-bond donors (Lipinski definition) is 1. The maximum atomic E-state index is 12.0. The van der Waals surface area contributed by atoms with Crippen LogP contribution in [0.1, 0.15) is 11.1 Å². The van der Waals surface area contributed by atoms with Crippen LogP contribution in [0.5, 0.6) is 5.75 Å². The summed E-state index contributed by atoms with van der Waals surface area (Å²) in [5.41, 5.74) is 2.41. The number of ether oxygens (including phenoxy) is 2. The SMILES string of the molecule is C=CCOc1ccccc1NC(=O)COC(=O)Cc1ccccc1C. The molecular formula is C20H21NO4. The minimum absolute atomic E-state index is 0.138. The van der Waals surface area contributed by atoms with Gasteiger partial charge in [0.25, 0.3) is 5.91 Å². The minimum Gasteiger partial charge on any atom is -0.487 e. The lowest BCUT2D eigenvalue weighted by Gasteiger charge is -2.11. The zero-order chi connectivity index (χ0) is 18.1. The molecule has 25 heavy (non-hydrogen) atoms. The van der Waals surface area contributed by atoms with Crippen LogP contribution >= 0.6 is 0 Å². The number of carbonyl (C=O) groups is 2. The fourth-order valence-corrected chi connectivity index (χ4v) is 2.19. The highest BCUT2D eigenvalue weighted by atomic mass is 16.5. The third kappa shape index (κ3) is 5.80. The van der Waals surface area contributed by atoms with Crippen molar-refractivity contribution in [2.75, 3.05) is 18.5 Å². The van der Waals surface area contributed by atoms with Crippen LogP contribution < -0.4 is 10.1 Å². The topological polar surface area (TPSA) is 64.6 Å². The molecule has 2 aromatic rings. The molecule has 0 saturated heterocycles. The molecule has 0 fully saturated rings. The molecule has 0 bridgehead atoms. The number of hydrogen-bond acceptors (Lipinski definition) is 4. The normalized spacial score (nSPS) is 9.96. The molecule has 0 saturated carbocycles. The lowest BCUT2D eigenvalue weighted by Crippen LogP contribution is -2.22. The van der Waals surface area contributed by atoms with E-state index < -0.39 is 11.9 Å². The van der Waals surface area contributed by atoms with Gasteiger partial charge in [0, 0.05) is 0 Å². The van der Waals surface area contributed by atoms with Gasteiger partial charge < -0.3 is 14.8 Å². The monoisotopic (exact) mass is 339 g/mol. The van der Waals surface area contributed by atoms with E-state index in [1.165, 1.54) is 0 Å². The number of carbonyl (C=O) groups excluding carboxylic acids is 2. The summed E-state index contributed by atoms with van der Waals surface area (Å²) in [6.07, 6.45) is 1.75. The summed E-state index contributed by atoms with van der Waals surface area (Å²) in [6.45, 7) is 5.50. The van der Waals surface area contributed by atoms with Gasteiger partial charge in [-0.1, -0.05) is 49.1 Å². The second-order valence-electron chi connectivity index (χ2n) is 5.41.